The third-order valence-corrected chi connectivity index (χ3v) is 3.90. The largest absolute Gasteiger partial charge is 0.379 e. The first-order valence-electron chi connectivity index (χ1n) is 7.30. The third-order valence-electron chi connectivity index (χ3n) is 3.48. The van der Waals surface area contributed by atoms with Crippen molar-refractivity contribution in [2.24, 2.45) is 0 Å². The average Bonchev–Trinajstić information content (AvgIpc) is 2.52. The summed E-state index contributed by atoms with van der Waals surface area (Å²) in [5.74, 6) is 0.124. The van der Waals surface area contributed by atoms with Crippen molar-refractivity contribution in [2.45, 2.75) is 5.92 Å². The van der Waals surface area contributed by atoms with Crippen molar-refractivity contribution in [3.05, 3.63) is 30.1 Å². The standard InChI is InChI=1S/C15H24N4OS/c1-18(2)12-17-15(21)13(14-5-3-4-6-16-14)11-19-7-9-20-10-8-19/h3-6,13H,7-12H2,1-2H3,(H,17,21). The van der Waals surface area contributed by atoms with E-state index in [0.29, 0.717) is 0 Å². The molecule has 1 fully saturated rings. The Morgan fingerprint density at radius 1 is 1.43 bits per heavy atom. The molecule has 1 aromatic heterocycles. The van der Waals surface area contributed by atoms with Gasteiger partial charge in [0.25, 0.3) is 0 Å². The molecule has 1 N–H and O–H groups in total. The van der Waals surface area contributed by atoms with Gasteiger partial charge in [-0.15, -0.1) is 0 Å². The second kappa shape index (κ2) is 8.38. The quantitative estimate of drug-likeness (QED) is 0.623. The maximum atomic E-state index is 5.61. The zero-order valence-corrected chi connectivity index (χ0v) is 13.6. The summed E-state index contributed by atoms with van der Waals surface area (Å²) >= 11 is 5.61. The predicted molar refractivity (Wildman–Crippen MR) is 88.5 cm³/mol. The molecule has 116 valence electrons. The minimum atomic E-state index is 0.124. The summed E-state index contributed by atoms with van der Waals surface area (Å²) in [4.78, 5) is 9.81. The van der Waals surface area contributed by atoms with E-state index in [1.807, 2.05) is 32.4 Å². The molecule has 0 amide bonds. The number of hydrogen-bond acceptors (Lipinski definition) is 5. The second-order valence-electron chi connectivity index (χ2n) is 5.50. The molecule has 1 aliphatic heterocycles. The molecule has 0 saturated carbocycles. The minimum absolute atomic E-state index is 0.124. The highest BCUT2D eigenvalue weighted by Gasteiger charge is 2.22. The number of pyridine rings is 1. The van der Waals surface area contributed by atoms with Crippen LogP contribution < -0.4 is 5.32 Å². The highest BCUT2D eigenvalue weighted by molar-refractivity contribution is 7.80. The van der Waals surface area contributed by atoms with Crippen LogP contribution in [-0.2, 0) is 4.74 Å². The molecule has 21 heavy (non-hydrogen) atoms. The molecule has 2 rings (SSSR count). The van der Waals surface area contributed by atoms with Crippen LogP contribution in [0.3, 0.4) is 0 Å². The van der Waals surface area contributed by atoms with Gasteiger partial charge in [-0.05, 0) is 26.2 Å². The van der Waals surface area contributed by atoms with Crippen molar-refractivity contribution >= 4 is 17.2 Å². The van der Waals surface area contributed by atoms with Gasteiger partial charge in [0.1, 0.15) is 0 Å². The van der Waals surface area contributed by atoms with Crippen LogP contribution >= 0.6 is 12.2 Å². The van der Waals surface area contributed by atoms with E-state index in [-0.39, 0.29) is 5.92 Å². The highest BCUT2D eigenvalue weighted by Crippen LogP contribution is 2.17. The number of ether oxygens (including phenoxy) is 1. The number of morpholine rings is 1. The van der Waals surface area contributed by atoms with Gasteiger partial charge in [0.05, 0.1) is 36.5 Å². The maximum Gasteiger partial charge on any atom is 0.0868 e. The van der Waals surface area contributed by atoms with Crippen LogP contribution in [0.5, 0.6) is 0 Å². The molecular formula is C15H24N4OS. The van der Waals surface area contributed by atoms with E-state index >= 15 is 0 Å². The molecule has 0 spiro atoms. The molecule has 1 unspecified atom stereocenters. The number of hydrogen-bond donors (Lipinski definition) is 1. The van der Waals surface area contributed by atoms with Gasteiger partial charge < -0.3 is 10.1 Å². The molecule has 6 heteroatoms. The Labute approximate surface area is 132 Å². The minimum Gasteiger partial charge on any atom is -0.379 e. The van der Waals surface area contributed by atoms with E-state index in [2.05, 4.69) is 26.2 Å². The number of rotatable bonds is 6. The molecule has 5 nitrogen and oxygen atoms in total. The lowest BCUT2D eigenvalue weighted by molar-refractivity contribution is 0.0372. The molecule has 2 heterocycles. The van der Waals surface area contributed by atoms with Crippen LogP contribution in [0, 0.1) is 0 Å². The van der Waals surface area contributed by atoms with E-state index in [4.69, 9.17) is 17.0 Å². The summed E-state index contributed by atoms with van der Waals surface area (Å²) in [5, 5.41) is 3.33. The summed E-state index contributed by atoms with van der Waals surface area (Å²) < 4.78 is 5.41. The van der Waals surface area contributed by atoms with Crippen LogP contribution in [0.1, 0.15) is 11.6 Å². The smallest absolute Gasteiger partial charge is 0.0868 e. The lowest BCUT2D eigenvalue weighted by atomic mass is 10.0. The van der Waals surface area contributed by atoms with Crippen molar-refractivity contribution in [2.75, 3.05) is 53.6 Å². The van der Waals surface area contributed by atoms with Crippen molar-refractivity contribution in [1.29, 1.82) is 0 Å². The molecule has 1 aliphatic rings. The molecule has 0 bridgehead atoms. The number of nitrogens with zero attached hydrogens (tertiary/aromatic N) is 3. The van der Waals surface area contributed by atoms with E-state index in [1.165, 1.54) is 0 Å². The normalized spacial score (nSPS) is 17.7. The van der Waals surface area contributed by atoms with E-state index in [0.717, 1.165) is 50.2 Å². The topological polar surface area (TPSA) is 40.6 Å². The summed E-state index contributed by atoms with van der Waals surface area (Å²) in [6.45, 7) is 5.14. The molecule has 1 aromatic rings. The number of nitrogens with one attached hydrogen (secondary N) is 1. The second-order valence-corrected chi connectivity index (χ2v) is 5.94. The fourth-order valence-electron chi connectivity index (χ4n) is 2.29. The van der Waals surface area contributed by atoms with Crippen molar-refractivity contribution < 1.29 is 4.74 Å². The van der Waals surface area contributed by atoms with Gasteiger partial charge in [-0.2, -0.15) is 0 Å². The zero-order chi connectivity index (χ0) is 15.1. The molecule has 1 atom stereocenters. The van der Waals surface area contributed by atoms with Crippen LogP contribution in [0.15, 0.2) is 24.4 Å². The van der Waals surface area contributed by atoms with E-state index < -0.39 is 0 Å². The summed E-state index contributed by atoms with van der Waals surface area (Å²) in [6, 6.07) is 6.00. The Morgan fingerprint density at radius 3 is 2.81 bits per heavy atom. The number of aromatic nitrogens is 1. The van der Waals surface area contributed by atoms with Crippen LogP contribution in [0.25, 0.3) is 0 Å². The molecule has 1 saturated heterocycles. The van der Waals surface area contributed by atoms with E-state index in [9.17, 15) is 0 Å². The monoisotopic (exact) mass is 308 g/mol. The summed E-state index contributed by atoms with van der Waals surface area (Å²) in [6.07, 6.45) is 1.83. The Morgan fingerprint density at radius 2 is 2.19 bits per heavy atom. The van der Waals surface area contributed by atoms with E-state index in [1.54, 1.807) is 0 Å². The lowest BCUT2D eigenvalue weighted by Crippen LogP contribution is -2.43. The van der Waals surface area contributed by atoms with Crippen LogP contribution in [-0.4, -0.2) is 73.4 Å². The first-order valence-corrected chi connectivity index (χ1v) is 7.71. The fraction of sp³-hybridized carbons (Fsp3) is 0.600. The molecule has 0 aromatic carbocycles. The van der Waals surface area contributed by atoms with Crippen molar-refractivity contribution in [3.8, 4) is 0 Å². The first kappa shape index (κ1) is 16.3. The summed E-state index contributed by atoms with van der Waals surface area (Å²) in [7, 11) is 4.04. The molecule has 0 aliphatic carbocycles. The summed E-state index contributed by atoms with van der Waals surface area (Å²) in [5.41, 5.74) is 1.03. The molecular weight excluding hydrogens is 284 g/mol. The Balaban J connectivity index is 2.04. The van der Waals surface area contributed by atoms with Gasteiger partial charge in [0, 0.05) is 25.8 Å². The Hall–Kier alpha value is -1.08. The predicted octanol–water partition coefficient (Wildman–Crippen LogP) is 0.934. The first-order chi connectivity index (χ1) is 10.2. The third kappa shape index (κ3) is 5.32. The fourth-order valence-corrected chi connectivity index (χ4v) is 2.55. The molecule has 0 radical (unpaired) electrons. The zero-order valence-electron chi connectivity index (χ0n) is 12.8. The van der Waals surface area contributed by atoms with Gasteiger partial charge in [-0.25, -0.2) is 0 Å². The van der Waals surface area contributed by atoms with Crippen molar-refractivity contribution in [1.82, 2.24) is 20.1 Å². The SMILES string of the molecule is CN(C)CNC(=S)C(CN1CCOCC1)c1ccccn1. The highest BCUT2D eigenvalue weighted by atomic mass is 32.1. The van der Waals surface area contributed by atoms with Gasteiger partial charge in [0.15, 0.2) is 0 Å². The van der Waals surface area contributed by atoms with Gasteiger partial charge in [0.2, 0.25) is 0 Å². The number of thiocarbonyl (C=S) groups is 1. The van der Waals surface area contributed by atoms with Crippen LogP contribution in [0.4, 0.5) is 0 Å². The van der Waals surface area contributed by atoms with Crippen molar-refractivity contribution in [3.63, 3.8) is 0 Å². The van der Waals surface area contributed by atoms with Gasteiger partial charge in [-0.1, -0.05) is 18.3 Å². The Kier molecular flexibility index (Phi) is 6.50. The Bertz CT molecular complexity index is 435. The van der Waals surface area contributed by atoms with Gasteiger partial charge in [-0.3, -0.25) is 14.8 Å². The van der Waals surface area contributed by atoms with Crippen LogP contribution in [0.2, 0.25) is 0 Å². The van der Waals surface area contributed by atoms with Gasteiger partial charge >= 0.3 is 0 Å². The lowest BCUT2D eigenvalue weighted by Gasteiger charge is -2.31. The maximum absolute atomic E-state index is 5.61. The average molecular weight is 308 g/mol.